The monoisotopic (exact) mass is 310 g/mol. The van der Waals surface area contributed by atoms with Crippen molar-refractivity contribution in [3.63, 3.8) is 0 Å². The third kappa shape index (κ3) is 3.41. The summed E-state index contributed by atoms with van der Waals surface area (Å²) in [5.41, 5.74) is 2.43. The molecule has 2 aromatic rings. The van der Waals surface area contributed by atoms with Crippen molar-refractivity contribution in [1.29, 1.82) is 0 Å². The predicted molar refractivity (Wildman–Crippen MR) is 94.7 cm³/mol. The van der Waals surface area contributed by atoms with Crippen LogP contribution >= 0.6 is 0 Å². The summed E-state index contributed by atoms with van der Waals surface area (Å²) in [6.07, 6.45) is 0. The highest BCUT2D eigenvalue weighted by Gasteiger charge is 2.33. The first kappa shape index (κ1) is 16.0. The smallest absolute Gasteiger partial charge is 0.115 e. The van der Waals surface area contributed by atoms with Gasteiger partial charge in [-0.15, -0.1) is 0 Å². The van der Waals surface area contributed by atoms with Crippen molar-refractivity contribution in [2.45, 2.75) is 32.0 Å². The maximum Gasteiger partial charge on any atom is 0.115 e. The van der Waals surface area contributed by atoms with Gasteiger partial charge in [0.1, 0.15) is 5.75 Å². The topological polar surface area (TPSA) is 26.7 Å². The van der Waals surface area contributed by atoms with Crippen molar-refractivity contribution in [3.8, 4) is 5.75 Å². The minimum absolute atomic E-state index is 0.175. The summed E-state index contributed by atoms with van der Waals surface area (Å²) in [6, 6.07) is 19.5. The molecule has 0 bridgehead atoms. The zero-order valence-electron chi connectivity index (χ0n) is 14.2. The molecule has 0 saturated carbocycles. The quantitative estimate of drug-likeness (QED) is 0.940. The standard InChI is InChI=1S/C20H26N2O/c1-15-14-22(16(2)13-21(15)3)20(17-8-5-4-6-9-17)18-10-7-11-19(23)12-18/h4-12,15-16,20,23H,13-14H2,1-3H3. The van der Waals surface area contributed by atoms with Gasteiger partial charge in [0.25, 0.3) is 0 Å². The molecule has 1 aliphatic rings. The third-order valence-corrected chi connectivity index (χ3v) is 4.98. The molecule has 0 aromatic heterocycles. The Hall–Kier alpha value is -1.84. The third-order valence-electron chi connectivity index (χ3n) is 4.98. The summed E-state index contributed by atoms with van der Waals surface area (Å²) in [5.74, 6) is 0.332. The van der Waals surface area contributed by atoms with Crippen LogP contribution in [0.2, 0.25) is 0 Å². The second-order valence-electron chi connectivity index (χ2n) is 6.74. The molecule has 1 aliphatic heterocycles. The van der Waals surface area contributed by atoms with Gasteiger partial charge < -0.3 is 10.0 Å². The van der Waals surface area contributed by atoms with Crippen molar-refractivity contribution in [3.05, 3.63) is 65.7 Å². The molecule has 0 amide bonds. The van der Waals surface area contributed by atoms with Crippen molar-refractivity contribution in [2.75, 3.05) is 20.1 Å². The average molecular weight is 310 g/mol. The van der Waals surface area contributed by atoms with Gasteiger partial charge in [-0.3, -0.25) is 4.90 Å². The van der Waals surface area contributed by atoms with Crippen molar-refractivity contribution < 1.29 is 5.11 Å². The SMILES string of the molecule is CC1CN(C(c2ccccc2)c2cccc(O)c2)C(C)CN1C. The molecular weight excluding hydrogens is 284 g/mol. The fourth-order valence-corrected chi connectivity index (χ4v) is 3.59. The zero-order chi connectivity index (χ0) is 16.4. The normalized spacial score (nSPS) is 24.5. The minimum atomic E-state index is 0.175. The molecule has 1 fully saturated rings. The molecule has 3 nitrogen and oxygen atoms in total. The van der Waals surface area contributed by atoms with Crippen LogP contribution in [0.25, 0.3) is 0 Å². The van der Waals surface area contributed by atoms with E-state index >= 15 is 0 Å². The van der Waals surface area contributed by atoms with E-state index in [1.54, 1.807) is 6.07 Å². The van der Waals surface area contributed by atoms with E-state index in [1.165, 1.54) is 5.56 Å². The molecule has 122 valence electrons. The first-order valence-corrected chi connectivity index (χ1v) is 8.36. The Balaban J connectivity index is 2.02. The molecule has 0 spiro atoms. The van der Waals surface area contributed by atoms with Gasteiger partial charge in [-0.25, -0.2) is 0 Å². The van der Waals surface area contributed by atoms with E-state index in [2.05, 4.69) is 67.1 Å². The summed E-state index contributed by atoms with van der Waals surface area (Å²) in [7, 11) is 2.20. The van der Waals surface area contributed by atoms with E-state index < -0.39 is 0 Å². The lowest BCUT2D eigenvalue weighted by Gasteiger charge is -2.46. The van der Waals surface area contributed by atoms with E-state index in [0.717, 1.165) is 18.7 Å². The Labute approximate surface area is 139 Å². The van der Waals surface area contributed by atoms with Crippen LogP contribution in [0, 0.1) is 0 Å². The van der Waals surface area contributed by atoms with Gasteiger partial charge in [-0.1, -0.05) is 42.5 Å². The molecule has 1 saturated heterocycles. The number of hydrogen-bond acceptors (Lipinski definition) is 3. The predicted octanol–water partition coefficient (Wildman–Crippen LogP) is 3.51. The number of piperazine rings is 1. The fourth-order valence-electron chi connectivity index (χ4n) is 3.59. The van der Waals surface area contributed by atoms with Crippen molar-refractivity contribution >= 4 is 0 Å². The summed E-state index contributed by atoms with van der Waals surface area (Å²) in [6.45, 7) is 6.65. The number of benzene rings is 2. The van der Waals surface area contributed by atoms with Crippen LogP contribution < -0.4 is 0 Å². The van der Waals surface area contributed by atoms with E-state index in [9.17, 15) is 5.11 Å². The highest BCUT2D eigenvalue weighted by atomic mass is 16.3. The second-order valence-corrected chi connectivity index (χ2v) is 6.74. The number of phenolic OH excluding ortho intramolecular Hbond substituents is 1. The Kier molecular flexibility index (Phi) is 4.69. The van der Waals surface area contributed by atoms with Gasteiger partial charge >= 0.3 is 0 Å². The molecule has 1 N–H and O–H groups in total. The molecule has 3 heteroatoms. The van der Waals surface area contributed by atoms with Crippen LogP contribution in [0.4, 0.5) is 0 Å². The Morgan fingerprint density at radius 2 is 1.61 bits per heavy atom. The van der Waals surface area contributed by atoms with Crippen LogP contribution in [-0.4, -0.2) is 47.1 Å². The summed E-state index contributed by atoms with van der Waals surface area (Å²) >= 11 is 0. The molecular formula is C20H26N2O. The number of phenols is 1. The zero-order valence-corrected chi connectivity index (χ0v) is 14.2. The van der Waals surface area contributed by atoms with Crippen LogP contribution in [0.1, 0.15) is 31.0 Å². The lowest BCUT2D eigenvalue weighted by atomic mass is 9.93. The molecule has 1 heterocycles. The average Bonchev–Trinajstić information content (AvgIpc) is 2.54. The van der Waals surface area contributed by atoms with E-state index in [0.29, 0.717) is 17.8 Å². The summed E-state index contributed by atoms with van der Waals surface area (Å²) in [4.78, 5) is 4.99. The number of rotatable bonds is 3. The number of likely N-dealkylation sites (N-methyl/N-ethyl adjacent to an activating group) is 1. The molecule has 3 rings (SSSR count). The second kappa shape index (κ2) is 6.73. The lowest BCUT2D eigenvalue weighted by Crippen LogP contribution is -2.55. The Bertz CT molecular complexity index is 643. The van der Waals surface area contributed by atoms with Crippen LogP contribution in [0.15, 0.2) is 54.6 Å². The Morgan fingerprint density at radius 3 is 2.30 bits per heavy atom. The maximum atomic E-state index is 9.94. The molecule has 0 aliphatic carbocycles. The van der Waals surface area contributed by atoms with E-state index in [-0.39, 0.29) is 6.04 Å². The lowest BCUT2D eigenvalue weighted by molar-refractivity contribution is 0.0389. The molecule has 3 unspecified atom stereocenters. The fraction of sp³-hybridized carbons (Fsp3) is 0.400. The van der Waals surface area contributed by atoms with Crippen LogP contribution in [-0.2, 0) is 0 Å². The first-order valence-electron chi connectivity index (χ1n) is 8.36. The van der Waals surface area contributed by atoms with Gasteiger partial charge in [0.2, 0.25) is 0 Å². The number of hydrogen-bond donors (Lipinski definition) is 1. The number of aromatic hydroxyl groups is 1. The molecule has 3 atom stereocenters. The van der Waals surface area contributed by atoms with E-state index in [4.69, 9.17) is 0 Å². The van der Waals surface area contributed by atoms with Crippen LogP contribution in [0.5, 0.6) is 5.75 Å². The Morgan fingerprint density at radius 1 is 0.913 bits per heavy atom. The molecule has 23 heavy (non-hydrogen) atoms. The van der Waals surface area contributed by atoms with Gasteiger partial charge in [0.05, 0.1) is 6.04 Å². The molecule has 2 aromatic carbocycles. The van der Waals surface area contributed by atoms with Crippen molar-refractivity contribution in [1.82, 2.24) is 9.80 Å². The summed E-state index contributed by atoms with van der Waals surface area (Å²) in [5, 5.41) is 9.94. The highest BCUT2D eigenvalue weighted by molar-refractivity contribution is 5.36. The van der Waals surface area contributed by atoms with Gasteiger partial charge in [0, 0.05) is 25.2 Å². The van der Waals surface area contributed by atoms with Crippen molar-refractivity contribution in [2.24, 2.45) is 0 Å². The first-order chi connectivity index (χ1) is 11.1. The van der Waals surface area contributed by atoms with Gasteiger partial charge in [-0.05, 0) is 44.2 Å². The van der Waals surface area contributed by atoms with Gasteiger partial charge in [0.15, 0.2) is 0 Å². The van der Waals surface area contributed by atoms with E-state index in [1.807, 2.05) is 12.1 Å². The highest BCUT2D eigenvalue weighted by Crippen LogP contribution is 2.33. The largest absolute Gasteiger partial charge is 0.508 e. The molecule has 0 radical (unpaired) electrons. The van der Waals surface area contributed by atoms with Crippen LogP contribution in [0.3, 0.4) is 0 Å². The maximum absolute atomic E-state index is 9.94. The minimum Gasteiger partial charge on any atom is -0.508 e. The number of nitrogens with zero attached hydrogens (tertiary/aromatic N) is 2. The van der Waals surface area contributed by atoms with Gasteiger partial charge in [-0.2, -0.15) is 0 Å². The summed E-state index contributed by atoms with van der Waals surface area (Å²) < 4.78 is 0.